The lowest BCUT2D eigenvalue weighted by atomic mass is 9.93. The molecule has 2 amide bonds. The molecule has 2 fully saturated rings. The lowest BCUT2D eigenvalue weighted by molar-refractivity contribution is -0.274. The highest BCUT2D eigenvalue weighted by molar-refractivity contribution is 6.01. The van der Waals surface area contributed by atoms with E-state index in [1.807, 2.05) is 4.90 Å². The van der Waals surface area contributed by atoms with E-state index in [0.29, 0.717) is 13.1 Å². The predicted octanol–water partition coefficient (Wildman–Crippen LogP) is 4.90. The third-order valence-corrected chi connectivity index (χ3v) is 7.08. The van der Waals surface area contributed by atoms with Crippen LogP contribution in [0.25, 0.3) is 22.2 Å². The van der Waals surface area contributed by atoms with E-state index >= 15 is 0 Å². The summed E-state index contributed by atoms with van der Waals surface area (Å²) < 4.78 is 58.5. The highest BCUT2D eigenvalue weighted by Crippen LogP contribution is 2.36. The molecule has 0 unspecified atom stereocenters. The number of nitrogens with zero attached hydrogens (tertiary/aromatic N) is 4. The number of hydrogen-bond donors (Lipinski definition) is 0. The van der Waals surface area contributed by atoms with Crippen molar-refractivity contribution >= 4 is 22.8 Å². The molecule has 0 atom stereocenters. The highest BCUT2D eigenvalue weighted by Gasteiger charge is 2.35. The number of rotatable bonds is 4. The summed E-state index contributed by atoms with van der Waals surface area (Å²) in [5, 5.41) is 0. The molecule has 5 rings (SSSR count). The third kappa shape index (κ3) is 5.12. The number of carbonyl (C=O) groups is 2. The topological polar surface area (TPSA) is 67.7 Å². The largest absolute Gasteiger partial charge is 0.573 e. The molecule has 2 aromatic carbocycles. The van der Waals surface area contributed by atoms with E-state index in [1.54, 1.807) is 0 Å². The van der Waals surface area contributed by atoms with Crippen molar-refractivity contribution < 1.29 is 31.9 Å². The van der Waals surface area contributed by atoms with Gasteiger partial charge in [-0.25, -0.2) is 9.37 Å². The Kier molecular flexibility index (Phi) is 6.55. The van der Waals surface area contributed by atoms with Crippen molar-refractivity contribution in [2.45, 2.75) is 44.5 Å². The monoisotopic (exact) mass is 518 g/mol. The Morgan fingerprint density at radius 3 is 2.51 bits per heavy atom. The number of imidazole rings is 1. The summed E-state index contributed by atoms with van der Waals surface area (Å²) in [6.07, 6.45) is 0.340. The van der Waals surface area contributed by atoms with Crippen molar-refractivity contribution in [2.24, 2.45) is 7.05 Å². The van der Waals surface area contributed by atoms with Crippen molar-refractivity contribution in [1.82, 2.24) is 19.4 Å². The normalized spacial score (nSPS) is 17.5. The van der Waals surface area contributed by atoms with Gasteiger partial charge in [0.2, 0.25) is 5.91 Å². The van der Waals surface area contributed by atoms with Crippen LogP contribution in [-0.4, -0.2) is 63.2 Å². The van der Waals surface area contributed by atoms with Crippen molar-refractivity contribution in [3.63, 3.8) is 0 Å². The molecule has 11 heteroatoms. The van der Waals surface area contributed by atoms with Gasteiger partial charge in [0.15, 0.2) is 5.82 Å². The van der Waals surface area contributed by atoms with Crippen LogP contribution in [0.4, 0.5) is 17.6 Å². The minimum absolute atomic E-state index is 0.0317. The molecule has 3 aromatic rings. The van der Waals surface area contributed by atoms with Crippen LogP contribution in [-0.2, 0) is 11.8 Å². The van der Waals surface area contributed by atoms with Crippen LogP contribution in [0.1, 0.15) is 42.7 Å². The Balaban J connectivity index is 1.49. The number of carbonyl (C=O) groups excluding carboxylic acids is 2. The first-order valence-corrected chi connectivity index (χ1v) is 12.2. The fourth-order valence-electron chi connectivity index (χ4n) is 5.30. The maximum atomic E-state index is 13.9. The maximum absolute atomic E-state index is 13.9. The molecule has 0 N–H and O–H groups in total. The van der Waals surface area contributed by atoms with Crippen LogP contribution in [0.15, 0.2) is 36.4 Å². The molecule has 2 aliphatic rings. The number of hydrogen-bond acceptors (Lipinski definition) is 4. The number of benzene rings is 2. The van der Waals surface area contributed by atoms with Crippen LogP contribution in [0, 0.1) is 5.82 Å². The van der Waals surface area contributed by atoms with E-state index in [2.05, 4.69) is 9.72 Å². The number of amides is 2. The van der Waals surface area contributed by atoms with Gasteiger partial charge in [0.25, 0.3) is 5.91 Å². The average Bonchev–Trinajstić information content (AvgIpc) is 3.19. The van der Waals surface area contributed by atoms with Crippen LogP contribution < -0.4 is 4.74 Å². The summed E-state index contributed by atoms with van der Waals surface area (Å²) in [7, 11) is 1.51. The fraction of sp³-hybridized carbons (Fsp3) is 0.423. The van der Waals surface area contributed by atoms with Crippen molar-refractivity contribution in [3.05, 3.63) is 48.0 Å². The van der Waals surface area contributed by atoms with Crippen LogP contribution >= 0.6 is 0 Å². The maximum Gasteiger partial charge on any atom is 0.573 e. The summed E-state index contributed by atoms with van der Waals surface area (Å²) in [5.41, 5.74) is 0.893. The first-order valence-electron chi connectivity index (χ1n) is 12.2. The second kappa shape index (κ2) is 9.68. The number of halogens is 4. The minimum Gasteiger partial charge on any atom is -0.406 e. The number of ether oxygens (including phenoxy) is 1. The van der Waals surface area contributed by atoms with E-state index in [9.17, 15) is 27.2 Å². The van der Waals surface area contributed by atoms with E-state index in [-0.39, 0.29) is 46.5 Å². The third-order valence-electron chi connectivity index (χ3n) is 7.08. The first-order chi connectivity index (χ1) is 17.6. The number of fused-ring (bicyclic) bond motifs is 1. The second-order valence-corrected chi connectivity index (χ2v) is 9.50. The van der Waals surface area contributed by atoms with E-state index < -0.39 is 23.8 Å². The molecule has 2 heterocycles. The molecular weight excluding hydrogens is 492 g/mol. The van der Waals surface area contributed by atoms with Gasteiger partial charge in [-0.2, -0.15) is 0 Å². The number of piperazine rings is 1. The van der Waals surface area contributed by atoms with Gasteiger partial charge in [0, 0.05) is 37.8 Å². The van der Waals surface area contributed by atoms with Gasteiger partial charge in [-0.1, -0.05) is 31.4 Å². The van der Waals surface area contributed by atoms with Crippen LogP contribution in [0.3, 0.4) is 0 Å². The van der Waals surface area contributed by atoms with Gasteiger partial charge in [-0.15, -0.1) is 13.2 Å². The molecule has 1 saturated carbocycles. The van der Waals surface area contributed by atoms with Crippen molar-refractivity contribution in [3.8, 4) is 16.9 Å². The van der Waals surface area contributed by atoms with Gasteiger partial charge >= 0.3 is 6.36 Å². The number of alkyl halides is 3. The van der Waals surface area contributed by atoms with E-state index in [4.69, 9.17) is 0 Å². The first kappa shape index (κ1) is 25.0. The molecular formula is C26H26F4N4O3. The molecule has 0 radical (unpaired) electrons. The summed E-state index contributed by atoms with van der Waals surface area (Å²) in [5.74, 6) is -1.74. The summed E-state index contributed by atoms with van der Waals surface area (Å²) in [6, 6.07) is 7.82. The molecule has 1 aromatic heterocycles. The molecule has 1 aliphatic carbocycles. The molecule has 0 spiro atoms. The zero-order valence-electron chi connectivity index (χ0n) is 20.2. The zero-order chi connectivity index (χ0) is 26.3. The van der Waals surface area contributed by atoms with Gasteiger partial charge in [-0.3, -0.25) is 9.59 Å². The minimum atomic E-state index is -4.94. The summed E-state index contributed by atoms with van der Waals surface area (Å²) in [6.45, 7) is 0.679. The quantitative estimate of drug-likeness (QED) is 0.461. The predicted molar refractivity (Wildman–Crippen MR) is 127 cm³/mol. The van der Waals surface area contributed by atoms with Crippen LogP contribution in [0.5, 0.6) is 5.75 Å². The lowest BCUT2D eigenvalue weighted by Gasteiger charge is -2.40. The molecule has 0 bridgehead atoms. The highest BCUT2D eigenvalue weighted by atomic mass is 19.4. The Labute approximate surface area is 210 Å². The Bertz CT molecular complexity index is 1350. The van der Waals surface area contributed by atoms with Crippen molar-refractivity contribution in [1.29, 1.82) is 0 Å². The van der Waals surface area contributed by atoms with Crippen molar-refractivity contribution in [2.75, 3.05) is 19.6 Å². The van der Waals surface area contributed by atoms with Gasteiger partial charge < -0.3 is 19.1 Å². The van der Waals surface area contributed by atoms with Gasteiger partial charge in [0.05, 0.1) is 11.0 Å². The Hall–Kier alpha value is -3.63. The Morgan fingerprint density at radius 2 is 1.84 bits per heavy atom. The van der Waals surface area contributed by atoms with E-state index in [0.717, 1.165) is 37.8 Å². The number of aryl methyl sites for hydroxylation is 1. The van der Waals surface area contributed by atoms with Crippen LogP contribution in [0.2, 0.25) is 0 Å². The Morgan fingerprint density at radius 1 is 1.08 bits per heavy atom. The zero-order valence-corrected chi connectivity index (χ0v) is 20.2. The molecule has 196 valence electrons. The molecule has 7 nitrogen and oxygen atoms in total. The summed E-state index contributed by atoms with van der Waals surface area (Å²) >= 11 is 0. The van der Waals surface area contributed by atoms with Gasteiger partial charge in [0.1, 0.15) is 18.1 Å². The second-order valence-electron chi connectivity index (χ2n) is 9.50. The van der Waals surface area contributed by atoms with E-state index in [1.165, 1.54) is 47.2 Å². The fourth-order valence-corrected chi connectivity index (χ4v) is 5.30. The SMILES string of the molecule is Cn1c(C(=O)N2CCN(C3CCCCC3)C(=O)C2)nc2c(-c3cccc(F)c3)cc(OC(F)(F)F)cc21. The van der Waals surface area contributed by atoms with Gasteiger partial charge in [-0.05, 0) is 36.6 Å². The molecule has 1 aliphatic heterocycles. The molecule has 1 saturated heterocycles. The lowest BCUT2D eigenvalue weighted by Crippen LogP contribution is -2.56. The number of aromatic nitrogens is 2. The standard InChI is InChI=1S/C26H26F4N4O3/c1-32-21-14-19(37-26(28,29)30)13-20(16-6-5-7-17(27)12-16)23(21)31-24(32)25(36)33-10-11-34(22(35)15-33)18-8-3-2-4-9-18/h5-7,12-14,18H,2-4,8-11,15H2,1H3. The smallest absolute Gasteiger partial charge is 0.406 e. The molecule has 37 heavy (non-hydrogen) atoms. The average molecular weight is 519 g/mol. The summed E-state index contributed by atoms with van der Waals surface area (Å²) in [4.78, 5) is 34.1.